The summed E-state index contributed by atoms with van der Waals surface area (Å²) in [6.45, 7) is 0. The number of rotatable bonds is 1. The van der Waals surface area contributed by atoms with Crippen LogP contribution in [0, 0.1) is 9.64 Å². The van der Waals surface area contributed by atoms with Crippen molar-refractivity contribution < 1.29 is 33.3 Å². The topological polar surface area (TPSA) is 17.8 Å². The Labute approximate surface area is 123 Å². The third-order valence-corrected chi connectivity index (χ3v) is 2.55. The molecule has 2 aromatic rings. The van der Waals surface area contributed by atoms with Gasteiger partial charge in [0.05, 0.1) is 0 Å². The number of halogens is 4. The van der Waals surface area contributed by atoms with Crippen LogP contribution in [0.4, 0.5) is 13.2 Å². The zero-order valence-electron chi connectivity index (χ0n) is 8.13. The van der Waals surface area contributed by atoms with Gasteiger partial charge in [-0.3, -0.25) is 4.68 Å². The molecule has 0 amide bonds. The number of hydrogen-bond donors (Lipinski definition) is 0. The molecule has 0 saturated heterocycles. The Kier molecular flexibility index (Phi) is 4.74. The number of benzene rings is 1. The molecule has 0 aliphatic heterocycles. The predicted octanol–water partition coefficient (Wildman–Crippen LogP) is 3.29. The Morgan fingerprint density at radius 3 is 2.53 bits per heavy atom. The molecular formula is C10H5F3IIrN2-. The van der Waals surface area contributed by atoms with Gasteiger partial charge < -0.3 is 0 Å². The van der Waals surface area contributed by atoms with Crippen molar-refractivity contribution in [2.45, 2.75) is 6.18 Å². The van der Waals surface area contributed by atoms with Crippen LogP contribution < -0.4 is 0 Å². The van der Waals surface area contributed by atoms with Crippen LogP contribution in [0.25, 0.3) is 5.69 Å². The van der Waals surface area contributed by atoms with E-state index in [2.05, 4.69) is 33.8 Å². The summed E-state index contributed by atoms with van der Waals surface area (Å²) in [6.07, 6.45) is -3.14. The van der Waals surface area contributed by atoms with Crippen LogP contribution in [0.1, 0.15) is 5.69 Å². The van der Waals surface area contributed by atoms with E-state index in [9.17, 15) is 13.2 Å². The van der Waals surface area contributed by atoms with Crippen LogP contribution >= 0.6 is 22.6 Å². The molecule has 1 heterocycles. The van der Waals surface area contributed by atoms with Gasteiger partial charge in [-0.05, 0) is 11.8 Å². The van der Waals surface area contributed by atoms with Gasteiger partial charge in [0, 0.05) is 26.3 Å². The van der Waals surface area contributed by atoms with E-state index in [4.69, 9.17) is 0 Å². The fourth-order valence-electron chi connectivity index (χ4n) is 1.17. The van der Waals surface area contributed by atoms with Crippen molar-refractivity contribution in [3.05, 3.63) is 45.8 Å². The number of hydrogen-bond acceptors (Lipinski definition) is 1. The Morgan fingerprint density at radius 1 is 1.29 bits per heavy atom. The molecule has 0 aliphatic carbocycles. The van der Waals surface area contributed by atoms with Crippen LogP contribution in [0.2, 0.25) is 0 Å². The molecule has 0 aliphatic rings. The summed E-state index contributed by atoms with van der Waals surface area (Å²) in [5.74, 6) is 0. The first-order valence-electron chi connectivity index (χ1n) is 4.27. The van der Waals surface area contributed by atoms with Crippen molar-refractivity contribution in [2.24, 2.45) is 0 Å². The maximum atomic E-state index is 12.3. The monoisotopic (exact) mass is 530 g/mol. The van der Waals surface area contributed by atoms with Crippen molar-refractivity contribution in [3.8, 4) is 5.69 Å². The van der Waals surface area contributed by atoms with Crippen molar-refractivity contribution in [3.63, 3.8) is 0 Å². The Hall–Kier alpha value is -0.401. The standard InChI is InChI=1S/C10H5F3IN2.Ir/c11-10(12,13)9-4-5-16(15-9)8-3-1-2-7(14)6-8;/h1-2,4-6H;/q-1;. The second kappa shape index (κ2) is 5.49. The fourth-order valence-corrected chi connectivity index (χ4v) is 1.64. The van der Waals surface area contributed by atoms with Gasteiger partial charge in [-0.1, -0.05) is 26.2 Å². The quantitative estimate of drug-likeness (QED) is 0.410. The van der Waals surface area contributed by atoms with Gasteiger partial charge >= 0.3 is 6.18 Å². The fraction of sp³-hybridized carbons (Fsp3) is 0.100. The predicted molar refractivity (Wildman–Crippen MR) is 60.1 cm³/mol. The van der Waals surface area contributed by atoms with E-state index >= 15 is 0 Å². The molecule has 17 heavy (non-hydrogen) atoms. The van der Waals surface area contributed by atoms with E-state index in [0.29, 0.717) is 5.69 Å². The minimum atomic E-state index is -4.41. The molecule has 1 radical (unpaired) electrons. The molecule has 0 spiro atoms. The normalized spacial score (nSPS) is 11.1. The maximum absolute atomic E-state index is 12.3. The minimum absolute atomic E-state index is 0. The second-order valence-electron chi connectivity index (χ2n) is 3.04. The van der Waals surface area contributed by atoms with Crippen LogP contribution in [0.3, 0.4) is 0 Å². The zero-order chi connectivity index (χ0) is 11.8. The maximum Gasteiger partial charge on any atom is 0.435 e. The van der Waals surface area contributed by atoms with Gasteiger partial charge in [-0.15, -0.1) is 6.07 Å². The molecule has 1 aromatic carbocycles. The first kappa shape index (κ1) is 14.7. The molecular weight excluding hydrogens is 524 g/mol. The SMILES string of the molecule is FC(F)(F)c1ccn(-c2[c-]ccc(I)c2)n1.[Ir]. The summed E-state index contributed by atoms with van der Waals surface area (Å²) in [5.41, 5.74) is -0.415. The van der Waals surface area contributed by atoms with Gasteiger partial charge in [-0.25, -0.2) is 0 Å². The average molecular weight is 529 g/mol. The second-order valence-corrected chi connectivity index (χ2v) is 4.28. The van der Waals surface area contributed by atoms with Gasteiger partial charge in [-0.2, -0.15) is 36.5 Å². The van der Waals surface area contributed by atoms with E-state index in [0.717, 1.165) is 14.3 Å². The number of aromatic nitrogens is 2. The molecule has 0 saturated carbocycles. The molecule has 0 unspecified atom stereocenters. The Bertz CT molecular complexity index is 510. The molecule has 0 atom stereocenters. The van der Waals surface area contributed by atoms with Gasteiger partial charge in [0.1, 0.15) is 0 Å². The van der Waals surface area contributed by atoms with E-state index in [1.165, 1.54) is 6.20 Å². The molecule has 2 nitrogen and oxygen atoms in total. The van der Waals surface area contributed by atoms with Crippen molar-refractivity contribution in [2.75, 3.05) is 0 Å². The molecule has 93 valence electrons. The summed E-state index contributed by atoms with van der Waals surface area (Å²) < 4.78 is 39.0. The van der Waals surface area contributed by atoms with E-state index in [1.54, 1.807) is 18.2 Å². The average Bonchev–Trinajstić information content (AvgIpc) is 2.65. The van der Waals surface area contributed by atoms with Crippen LogP contribution in [-0.2, 0) is 26.3 Å². The summed E-state index contributed by atoms with van der Waals surface area (Å²) in [7, 11) is 0. The van der Waals surface area contributed by atoms with E-state index in [-0.39, 0.29) is 20.1 Å². The largest absolute Gasteiger partial charge is 0.435 e. The molecule has 7 heteroatoms. The summed E-state index contributed by atoms with van der Waals surface area (Å²) in [5, 5.41) is 3.45. The van der Waals surface area contributed by atoms with Crippen molar-refractivity contribution >= 4 is 22.6 Å². The summed E-state index contributed by atoms with van der Waals surface area (Å²) in [4.78, 5) is 0. The molecule has 0 bridgehead atoms. The Balaban J connectivity index is 0.00000144. The van der Waals surface area contributed by atoms with Crippen LogP contribution in [-0.4, -0.2) is 9.78 Å². The zero-order valence-corrected chi connectivity index (χ0v) is 12.7. The van der Waals surface area contributed by atoms with E-state index < -0.39 is 11.9 Å². The van der Waals surface area contributed by atoms with Crippen LogP contribution in [0.5, 0.6) is 0 Å². The summed E-state index contributed by atoms with van der Waals surface area (Å²) in [6, 6.07) is 8.91. The van der Waals surface area contributed by atoms with Crippen LogP contribution in [0.15, 0.2) is 30.5 Å². The first-order valence-corrected chi connectivity index (χ1v) is 5.35. The number of nitrogens with zero attached hydrogens (tertiary/aromatic N) is 2. The molecule has 0 N–H and O–H groups in total. The first-order chi connectivity index (χ1) is 7.47. The van der Waals surface area contributed by atoms with E-state index in [1.807, 2.05) is 0 Å². The smallest absolute Gasteiger partial charge is 0.265 e. The molecule has 0 fully saturated rings. The number of alkyl halides is 3. The molecule has 2 rings (SSSR count). The molecule has 1 aromatic heterocycles. The van der Waals surface area contributed by atoms with Crippen molar-refractivity contribution in [1.29, 1.82) is 0 Å². The van der Waals surface area contributed by atoms with Gasteiger partial charge in [0.25, 0.3) is 0 Å². The Morgan fingerprint density at radius 2 is 2.00 bits per heavy atom. The van der Waals surface area contributed by atoms with Gasteiger partial charge in [0.2, 0.25) is 0 Å². The third-order valence-electron chi connectivity index (χ3n) is 1.87. The minimum Gasteiger partial charge on any atom is -0.265 e. The summed E-state index contributed by atoms with van der Waals surface area (Å²) >= 11 is 2.07. The third kappa shape index (κ3) is 3.53. The van der Waals surface area contributed by atoms with Gasteiger partial charge in [0.15, 0.2) is 5.69 Å². The van der Waals surface area contributed by atoms with Crippen molar-refractivity contribution in [1.82, 2.24) is 9.78 Å².